The molecule has 5 heteroatoms. The maximum absolute atomic E-state index is 11.9. The number of rotatable bonds is 7. The van der Waals surface area contributed by atoms with Crippen LogP contribution in [0.5, 0.6) is 5.75 Å². The van der Waals surface area contributed by atoms with E-state index in [0.29, 0.717) is 17.3 Å². The van der Waals surface area contributed by atoms with Gasteiger partial charge in [0.1, 0.15) is 5.75 Å². The van der Waals surface area contributed by atoms with Gasteiger partial charge in [-0.05, 0) is 78.9 Å². The van der Waals surface area contributed by atoms with Crippen molar-refractivity contribution in [1.29, 1.82) is 0 Å². The summed E-state index contributed by atoms with van der Waals surface area (Å²) in [4.78, 5) is 17.2. The Bertz CT molecular complexity index is 1050. The van der Waals surface area contributed by atoms with Crippen molar-refractivity contribution in [2.45, 2.75) is 58.2 Å². The van der Waals surface area contributed by atoms with E-state index in [4.69, 9.17) is 16.3 Å². The van der Waals surface area contributed by atoms with Crippen LogP contribution >= 0.6 is 11.6 Å². The third-order valence-corrected chi connectivity index (χ3v) is 6.36. The minimum atomic E-state index is -0.0597. The first-order valence-electron chi connectivity index (χ1n) is 11.2. The lowest BCUT2D eigenvalue weighted by molar-refractivity contribution is 0.0770. The molecular formula is C26H31ClN2O2. The molecule has 0 aliphatic heterocycles. The average Bonchev–Trinajstić information content (AvgIpc) is 2.75. The van der Waals surface area contributed by atoms with Gasteiger partial charge in [0.05, 0.1) is 6.10 Å². The second-order valence-electron chi connectivity index (χ2n) is 9.05. The molecule has 3 aromatic rings. The lowest BCUT2D eigenvalue weighted by atomic mass is 9.91. The summed E-state index contributed by atoms with van der Waals surface area (Å²) < 4.78 is 6.30. The van der Waals surface area contributed by atoms with Gasteiger partial charge in [0, 0.05) is 35.7 Å². The summed E-state index contributed by atoms with van der Waals surface area (Å²) >= 11 is 6.06. The van der Waals surface area contributed by atoms with Crippen LogP contribution in [0.1, 0.15) is 45.1 Å². The zero-order chi connectivity index (χ0) is 21.8. The van der Waals surface area contributed by atoms with E-state index in [9.17, 15) is 4.79 Å². The van der Waals surface area contributed by atoms with E-state index in [2.05, 4.69) is 35.9 Å². The summed E-state index contributed by atoms with van der Waals surface area (Å²) in [7, 11) is 0. The van der Waals surface area contributed by atoms with Crippen molar-refractivity contribution in [1.82, 2.24) is 9.88 Å². The summed E-state index contributed by atoms with van der Waals surface area (Å²) in [5.74, 6) is 1.48. The maximum Gasteiger partial charge on any atom is 0.255 e. The van der Waals surface area contributed by atoms with Crippen LogP contribution in [0, 0.1) is 5.92 Å². The molecule has 1 aromatic heterocycles. The third kappa shape index (κ3) is 5.69. The van der Waals surface area contributed by atoms with Crippen molar-refractivity contribution in [2.75, 3.05) is 6.54 Å². The van der Waals surface area contributed by atoms with Gasteiger partial charge in [-0.3, -0.25) is 9.69 Å². The highest BCUT2D eigenvalue weighted by Crippen LogP contribution is 2.29. The fourth-order valence-electron chi connectivity index (χ4n) is 4.60. The van der Waals surface area contributed by atoms with E-state index >= 15 is 0 Å². The van der Waals surface area contributed by atoms with Gasteiger partial charge in [-0.15, -0.1) is 0 Å². The van der Waals surface area contributed by atoms with Gasteiger partial charge in [0.25, 0.3) is 5.56 Å². The van der Waals surface area contributed by atoms with Gasteiger partial charge in [-0.25, -0.2) is 0 Å². The molecule has 31 heavy (non-hydrogen) atoms. The molecule has 1 aliphatic rings. The fraction of sp³-hybridized carbons (Fsp3) is 0.423. The van der Waals surface area contributed by atoms with Gasteiger partial charge in [-0.1, -0.05) is 37.6 Å². The molecule has 0 spiro atoms. The number of benzene rings is 2. The summed E-state index contributed by atoms with van der Waals surface area (Å²) in [5.41, 5.74) is 1.25. The second kappa shape index (κ2) is 9.88. The predicted octanol–water partition coefficient (Wildman–Crippen LogP) is 6.03. The standard InChI is InChI=1S/C26H31ClN2O2/c1-18(2)16-29(17-19-3-5-21(27)6-4-19)22-7-9-23(10-8-22)31-24-11-12-25-20(15-24)13-14-28-26(25)30/h3-6,11-15,18,22-23H,7-10,16-17H2,1-2H3,(H,28,30)/t22-,23-. The number of hydrogen-bond donors (Lipinski definition) is 1. The molecule has 0 bridgehead atoms. The largest absolute Gasteiger partial charge is 0.490 e. The van der Waals surface area contributed by atoms with Crippen molar-refractivity contribution >= 4 is 22.4 Å². The Labute approximate surface area is 189 Å². The highest BCUT2D eigenvalue weighted by atomic mass is 35.5. The number of nitrogens with zero attached hydrogens (tertiary/aromatic N) is 1. The molecule has 0 amide bonds. The average molecular weight is 439 g/mol. The Morgan fingerprint density at radius 1 is 1.06 bits per heavy atom. The van der Waals surface area contributed by atoms with Crippen LogP contribution in [0.2, 0.25) is 5.02 Å². The van der Waals surface area contributed by atoms with Crippen LogP contribution in [0.3, 0.4) is 0 Å². The maximum atomic E-state index is 11.9. The minimum Gasteiger partial charge on any atom is -0.490 e. The molecule has 1 N–H and O–H groups in total. The normalized spacial score (nSPS) is 19.3. The van der Waals surface area contributed by atoms with Crippen molar-refractivity contribution < 1.29 is 4.74 Å². The van der Waals surface area contributed by atoms with Crippen LogP contribution < -0.4 is 10.3 Å². The number of hydrogen-bond acceptors (Lipinski definition) is 3. The predicted molar refractivity (Wildman–Crippen MR) is 128 cm³/mol. The number of pyridine rings is 1. The molecule has 0 radical (unpaired) electrons. The number of nitrogens with one attached hydrogen (secondary N) is 1. The quantitative estimate of drug-likeness (QED) is 0.489. The number of H-pyrrole nitrogens is 1. The van der Waals surface area contributed by atoms with Crippen molar-refractivity contribution in [3.8, 4) is 5.75 Å². The first-order valence-corrected chi connectivity index (χ1v) is 11.6. The highest BCUT2D eigenvalue weighted by Gasteiger charge is 2.27. The SMILES string of the molecule is CC(C)CN(Cc1ccc(Cl)cc1)[C@H]1CC[C@H](Oc2ccc3c(=O)[nH]ccc3c2)CC1. The topological polar surface area (TPSA) is 45.3 Å². The van der Waals surface area contributed by atoms with Gasteiger partial charge >= 0.3 is 0 Å². The molecule has 4 nitrogen and oxygen atoms in total. The Balaban J connectivity index is 1.37. The molecule has 4 rings (SSSR count). The molecule has 2 aromatic carbocycles. The van der Waals surface area contributed by atoms with Crippen molar-refractivity contribution in [3.63, 3.8) is 0 Å². The minimum absolute atomic E-state index is 0.0597. The van der Waals surface area contributed by atoms with Crippen LogP contribution in [-0.4, -0.2) is 28.6 Å². The third-order valence-electron chi connectivity index (χ3n) is 6.11. The molecule has 0 unspecified atom stereocenters. The molecular weight excluding hydrogens is 408 g/mol. The van der Waals surface area contributed by atoms with E-state index in [0.717, 1.165) is 54.9 Å². The molecule has 0 atom stereocenters. The first kappa shape index (κ1) is 21.9. The Hall–Kier alpha value is -2.30. The number of aromatic nitrogens is 1. The lowest BCUT2D eigenvalue weighted by Crippen LogP contribution is -2.41. The van der Waals surface area contributed by atoms with Crippen LogP contribution in [0.15, 0.2) is 59.5 Å². The molecule has 1 fully saturated rings. The van der Waals surface area contributed by atoms with E-state index < -0.39 is 0 Å². The van der Waals surface area contributed by atoms with E-state index in [1.54, 1.807) is 6.20 Å². The summed E-state index contributed by atoms with van der Waals surface area (Å²) in [6, 6.07) is 16.5. The number of fused-ring (bicyclic) bond motifs is 1. The van der Waals surface area contributed by atoms with Crippen LogP contribution in [0.25, 0.3) is 10.8 Å². The summed E-state index contributed by atoms with van der Waals surface area (Å²) in [6.45, 7) is 6.63. The number of halogens is 1. The van der Waals surface area contributed by atoms with Crippen LogP contribution in [-0.2, 0) is 6.54 Å². The van der Waals surface area contributed by atoms with E-state index in [1.165, 1.54) is 5.56 Å². The smallest absolute Gasteiger partial charge is 0.255 e. The second-order valence-corrected chi connectivity index (χ2v) is 9.49. The van der Waals surface area contributed by atoms with Crippen LogP contribution in [0.4, 0.5) is 0 Å². The fourth-order valence-corrected chi connectivity index (χ4v) is 4.73. The van der Waals surface area contributed by atoms with Gasteiger partial charge in [-0.2, -0.15) is 0 Å². The number of ether oxygens (including phenoxy) is 1. The summed E-state index contributed by atoms with van der Waals surface area (Å²) in [6.07, 6.45) is 6.29. The van der Waals surface area contributed by atoms with Gasteiger partial charge in [0.2, 0.25) is 0 Å². The Morgan fingerprint density at radius 3 is 2.52 bits per heavy atom. The van der Waals surface area contributed by atoms with Gasteiger partial charge in [0.15, 0.2) is 0 Å². The monoisotopic (exact) mass is 438 g/mol. The Morgan fingerprint density at radius 2 is 1.81 bits per heavy atom. The lowest BCUT2D eigenvalue weighted by Gasteiger charge is -2.38. The molecule has 1 saturated carbocycles. The Kier molecular flexibility index (Phi) is 6.99. The zero-order valence-electron chi connectivity index (χ0n) is 18.3. The van der Waals surface area contributed by atoms with Crippen molar-refractivity contribution in [2.24, 2.45) is 5.92 Å². The van der Waals surface area contributed by atoms with E-state index in [-0.39, 0.29) is 11.7 Å². The van der Waals surface area contributed by atoms with E-state index in [1.807, 2.05) is 36.4 Å². The molecule has 0 saturated heterocycles. The van der Waals surface area contributed by atoms with Gasteiger partial charge < -0.3 is 9.72 Å². The molecule has 1 aliphatic carbocycles. The highest BCUT2D eigenvalue weighted by molar-refractivity contribution is 6.30. The molecule has 1 heterocycles. The first-order chi connectivity index (χ1) is 15.0. The zero-order valence-corrected chi connectivity index (χ0v) is 19.1. The van der Waals surface area contributed by atoms with Crippen molar-refractivity contribution in [3.05, 3.63) is 75.7 Å². The number of aromatic amines is 1. The molecule has 164 valence electrons. The summed E-state index contributed by atoms with van der Waals surface area (Å²) in [5, 5.41) is 2.40.